The average molecular weight is 277 g/mol. The molecule has 0 fully saturated rings. The molecule has 0 aliphatic carbocycles. The second-order valence-corrected chi connectivity index (χ2v) is 5.18. The van der Waals surface area contributed by atoms with Crippen molar-refractivity contribution in [2.75, 3.05) is 0 Å². The number of aromatic carboxylic acids is 1. The number of fused-ring (bicyclic) bond motifs is 1. The molecule has 0 radical (unpaired) electrons. The van der Waals surface area contributed by atoms with Crippen LogP contribution in [0.3, 0.4) is 0 Å². The minimum atomic E-state index is -0.897. The highest BCUT2D eigenvalue weighted by Crippen LogP contribution is 2.16. The van der Waals surface area contributed by atoms with E-state index in [1.54, 1.807) is 12.1 Å². The molecule has 0 saturated carbocycles. The fourth-order valence-electron chi connectivity index (χ4n) is 2.50. The number of para-hydroxylation sites is 1. The van der Waals surface area contributed by atoms with Gasteiger partial charge in [0, 0.05) is 17.5 Å². The summed E-state index contributed by atoms with van der Waals surface area (Å²) in [6.07, 6.45) is 0.632. The van der Waals surface area contributed by atoms with Crippen molar-refractivity contribution in [3.8, 4) is 0 Å². The van der Waals surface area contributed by atoms with Gasteiger partial charge >= 0.3 is 5.97 Å². The molecule has 0 atom stereocenters. The second-order valence-electron chi connectivity index (χ2n) is 5.18. The number of rotatable bonds is 3. The van der Waals surface area contributed by atoms with Crippen LogP contribution in [-0.4, -0.2) is 16.1 Å². The van der Waals surface area contributed by atoms with Crippen LogP contribution in [0.1, 0.15) is 27.2 Å². The highest BCUT2D eigenvalue weighted by Gasteiger charge is 2.07. The van der Waals surface area contributed by atoms with Crippen LogP contribution in [-0.2, 0) is 6.42 Å². The van der Waals surface area contributed by atoms with E-state index in [0.29, 0.717) is 12.0 Å². The van der Waals surface area contributed by atoms with E-state index in [1.807, 2.05) is 49.4 Å². The zero-order valence-corrected chi connectivity index (χ0v) is 11.7. The normalized spacial score (nSPS) is 10.7. The molecule has 0 unspecified atom stereocenters. The zero-order chi connectivity index (χ0) is 14.8. The SMILES string of the molecule is Cc1cc(Cc2ccc3ccccc3n2)cc(C(=O)O)c1. The Kier molecular flexibility index (Phi) is 3.40. The van der Waals surface area contributed by atoms with Crippen LogP contribution < -0.4 is 0 Å². The number of carboxylic acids is 1. The quantitative estimate of drug-likeness (QED) is 0.791. The number of aromatic nitrogens is 1. The van der Waals surface area contributed by atoms with E-state index in [1.165, 1.54) is 0 Å². The molecule has 0 spiro atoms. The largest absolute Gasteiger partial charge is 0.478 e. The molecule has 3 rings (SSSR count). The fourth-order valence-corrected chi connectivity index (χ4v) is 2.50. The molecule has 1 aromatic heterocycles. The van der Waals surface area contributed by atoms with Crippen molar-refractivity contribution in [3.63, 3.8) is 0 Å². The topological polar surface area (TPSA) is 50.2 Å². The van der Waals surface area contributed by atoms with Crippen LogP contribution in [0.4, 0.5) is 0 Å². The van der Waals surface area contributed by atoms with E-state index in [0.717, 1.165) is 27.7 Å². The number of aryl methyl sites for hydroxylation is 1. The summed E-state index contributed by atoms with van der Waals surface area (Å²) in [5, 5.41) is 10.2. The van der Waals surface area contributed by atoms with Crippen LogP contribution in [0.25, 0.3) is 10.9 Å². The summed E-state index contributed by atoms with van der Waals surface area (Å²) in [5.41, 5.74) is 4.14. The molecule has 1 heterocycles. The summed E-state index contributed by atoms with van der Waals surface area (Å²) in [4.78, 5) is 15.7. The summed E-state index contributed by atoms with van der Waals surface area (Å²) in [7, 11) is 0. The summed E-state index contributed by atoms with van der Waals surface area (Å²) < 4.78 is 0. The molecule has 3 aromatic rings. The highest BCUT2D eigenvalue weighted by atomic mass is 16.4. The van der Waals surface area contributed by atoms with Gasteiger partial charge in [-0.3, -0.25) is 4.98 Å². The maximum absolute atomic E-state index is 11.1. The van der Waals surface area contributed by atoms with Gasteiger partial charge in [0.15, 0.2) is 0 Å². The summed E-state index contributed by atoms with van der Waals surface area (Å²) in [6, 6.07) is 17.4. The van der Waals surface area contributed by atoms with Gasteiger partial charge in [0.2, 0.25) is 0 Å². The van der Waals surface area contributed by atoms with E-state index >= 15 is 0 Å². The lowest BCUT2D eigenvalue weighted by molar-refractivity contribution is 0.0696. The molecular weight excluding hydrogens is 262 g/mol. The fraction of sp³-hybridized carbons (Fsp3) is 0.111. The molecule has 0 amide bonds. The van der Waals surface area contributed by atoms with Gasteiger partial charge in [-0.1, -0.05) is 30.3 Å². The van der Waals surface area contributed by atoms with E-state index < -0.39 is 5.97 Å². The smallest absolute Gasteiger partial charge is 0.335 e. The third kappa shape index (κ3) is 2.92. The molecular formula is C18H15NO2. The van der Waals surface area contributed by atoms with Crippen LogP contribution in [0.2, 0.25) is 0 Å². The zero-order valence-electron chi connectivity index (χ0n) is 11.7. The first kappa shape index (κ1) is 13.3. The molecule has 2 aromatic carbocycles. The van der Waals surface area contributed by atoms with Crippen molar-refractivity contribution < 1.29 is 9.90 Å². The van der Waals surface area contributed by atoms with Crippen LogP contribution in [0.15, 0.2) is 54.6 Å². The van der Waals surface area contributed by atoms with Crippen LogP contribution >= 0.6 is 0 Å². The van der Waals surface area contributed by atoms with Crippen molar-refractivity contribution >= 4 is 16.9 Å². The van der Waals surface area contributed by atoms with Crippen molar-refractivity contribution in [1.82, 2.24) is 4.98 Å². The van der Waals surface area contributed by atoms with Crippen molar-refractivity contribution in [2.45, 2.75) is 13.3 Å². The predicted octanol–water partition coefficient (Wildman–Crippen LogP) is 3.83. The first-order valence-corrected chi connectivity index (χ1v) is 6.80. The molecule has 21 heavy (non-hydrogen) atoms. The number of hydrogen-bond donors (Lipinski definition) is 1. The van der Waals surface area contributed by atoms with Gasteiger partial charge in [0.25, 0.3) is 0 Å². The van der Waals surface area contributed by atoms with Crippen LogP contribution in [0.5, 0.6) is 0 Å². The Morgan fingerprint density at radius 1 is 1.10 bits per heavy atom. The number of pyridine rings is 1. The minimum absolute atomic E-state index is 0.325. The Morgan fingerprint density at radius 3 is 2.71 bits per heavy atom. The number of carboxylic acid groups (broad SMARTS) is 1. The lowest BCUT2D eigenvalue weighted by Crippen LogP contribution is -2.00. The molecule has 0 aliphatic rings. The summed E-state index contributed by atoms with van der Waals surface area (Å²) in [5.74, 6) is -0.897. The monoisotopic (exact) mass is 277 g/mol. The van der Waals surface area contributed by atoms with Gasteiger partial charge in [-0.2, -0.15) is 0 Å². The molecule has 0 saturated heterocycles. The predicted molar refractivity (Wildman–Crippen MR) is 82.7 cm³/mol. The molecule has 0 bridgehead atoms. The van der Waals surface area contributed by atoms with Crippen molar-refractivity contribution in [2.24, 2.45) is 0 Å². The molecule has 3 nitrogen and oxygen atoms in total. The molecule has 0 aliphatic heterocycles. The number of carbonyl (C=O) groups is 1. The molecule has 1 N–H and O–H groups in total. The van der Waals surface area contributed by atoms with E-state index in [-0.39, 0.29) is 0 Å². The summed E-state index contributed by atoms with van der Waals surface area (Å²) >= 11 is 0. The van der Waals surface area contributed by atoms with Gasteiger partial charge in [0.1, 0.15) is 0 Å². The van der Waals surface area contributed by atoms with Crippen molar-refractivity contribution in [3.05, 3.63) is 77.0 Å². The van der Waals surface area contributed by atoms with E-state index in [9.17, 15) is 4.79 Å². The first-order chi connectivity index (χ1) is 10.1. The number of hydrogen-bond acceptors (Lipinski definition) is 2. The maximum atomic E-state index is 11.1. The van der Waals surface area contributed by atoms with Gasteiger partial charge in [-0.25, -0.2) is 4.79 Å². The Morgan fingerprint density at radius 2 is 1.90 bits per heavy atom. The molecule has 104 valence electrons. The van der Waals surface area contributed by atoms with Gasteiger partial charge in [-0.15, -0.1) is 0 Å². The van der Waals surface area contributed by atoms with E-state index in [2.05, 4.69) is 4.98 Å². The number of nitrogens with zero attached hydrogens (tertiary/aromatic N) is 1. The first-order valence-electron chi connectivity index (χ1n) is 6.80. The van der Waals surface area contributed by atoms with Crippen LogP contribution in [0, 0.1) is 6.92 Å². The third-order valence-electron chi connectivity index (χ3n) is 3.43. The number of benzene rings is 2. The summed E-state index contributed by atoms with van der Waals surface area (Å²) in [6.45, 7) is 1.91. The Labute approximate surface area is 122 Å². The maximum Gasteiger partial charge on any atom is 0.335 e. The Bertz CT molecular complexity index is 824. The molecule has 3 heteroatoms. The van der Waals surface area contributed by atoms with Gasteiger partial charge in [-0.05, 0) is 42.3 Å². The average Bonchev–Trinajstić information content (AvgIpc) is 2.46. The Balaban J connectivity index is 1.96. The highest BCUT2D eigenvalue weighted by molar-refractivity contribution is 5.88. The van der Waals surface area contributed by atoms with Gasteiger partial charge in [0.05, 0.1) is 11.1 Å². The minimum Gasteiger partial charge on any atom is -0.478 e. The second kappa shape index (κ2) is 5.37. The standard InChI is InChI=1S/C18H15NO2/c1-12-8-13(10-15(9-12)18(20)21)11-16-7-6-14-4-2-3-5-17(14)19-16/h2-10H,11H2,1H3,(H,20,21). The third-order valence-corrected chi connectivity index (χ3v) is 3.43. The van der Waals surface area contributed by atoms with Gasteiger partial charge < -0.3 is 5.11 Å². The lowest BCUT2D eigenvalue weighted by Gasteiger charge is -2.06. The Hall–Kier alpha value is -2.68. The van der Waals surface area contributed by atoms with Crippen molar-refractivity contribution in [1.29, 1.82) is 0 Å². The lowest BCUT2D eigenvalue weighted by atomic mass is 10.0. The van der Waals surface area contributed by atoms with E-state index in [4.69, 9.17) is 5.11 Å².